The molecule has 0 heterocycles. The number of alkyl carbamates (subject to hydrolysis) is 1. The van der Waals surface area contributed by atoms with Gasteiger partial charge in [0, 0.05) is 13.7 Å². The van der Waals surface area contributed by atoms with E-state index in [1.54, 1.807) is 0 Å². The number of rotatable bonds is 8. The molecule has 1 amide bonds. The Morgan fingerprint density at radius 1 is 1.31 bits per heavy atom. The van der Waals surface area contributed by atoms with Crippen LogP contribution >= 0.6 is 0 Å². The number of unbranched alkanes of at least 4 members (excludes halogenated alkanes) is 3. The molecule has 16 heavy (non-hydrogen) atoms. The molecule has 6 heteroatoms. The summed E-state index contributed by atoms with van der Waals surface area (Å²) in [7, 11) is 0.853. The van der Waals surface area contributed by atoms with E-state index in [9.17, 15) is 13.6 Å². The Morgan fingerprint density at radius 3 is 2.56 bits per heavy atom. The third kappa shape index (κ3) is 8.40. The summed E-state index contributed by atoms with van der Waals surface area (Å²) in [6.45, 7) is 1.45. The van der Waals surface area contributed by atoms with E-state index >= 15 is 0 Å². The molecule has 96 valence electrons. The van der Waals surface area contributed by atoms with E-state index in [4.69, 9.17) is 0 Å². The molecule has 0 saturated carbocycles. The van der Waals surface area contributed by atoms with Crippen molar-refractivity contribution in [2.75, 3.05) is 20.3 Å². The lowest BCUT2D eigenvalue weighted by atomic mass is 10.2. The minimum absolute atomic E-state index is 0.442. The summed E-state index contributed by atoms with van der Waals surface area (Å²) in [5.41, 5.74) is 0. The predicted molar refractivity (Wildman–Crippen MR) is 55.4 cm³/mol. The molecule has 1 N–H and O–H groups in total. The second-order valence-corrected chi connectivity index (χ2v) is 3.41. The van der Waals surface area contributed by atoms with Crippen molar-refractivity contribution in [2.24, 2.45) is 0 Å². The summed E-state index contributed by atoms with van der Waals surface area (Å²) in [6, 6.07) is 0. The van der Waals surface area contributed by atoms with Crippen LogP contribution in [-0.4, -0.2) is 32.5 Å². The van der Waals surface area contributed by atoms with Crippen molar-refractivity contribution in [1.82, 2.24) is 5.32 Å². The van der Waals surface area contributed by atoms with Crippen LogP contribution in [0.2, 0.25) is 0 Å². The van der Waals surface area contributed by atoms with E-state index in [-0.39, 0.29) is 0 Å². The maximum atomic E-state index is 12.5. The number of hydrogen-bond acceptors (Lipinski definition) is 3. The maximum Gasteiger partial charge on any atom is 0.407 e. The molecule has 0 atom stereocenters. The SMILES string of the molecule is CCCCCCNC(=O)OCC(F)(F)OC. The smallest absolute Gasteiger partial charge is 0.407 e. The van der Waals surface area contributed by atoms with Crippen LogP contribution in [0.4, 0.5) is 13.6 Å². The van der Waals surface area contributed by atoms with Crippen molar-refractivity contribution in [2.45, 2.75) is 38.7 Å². The van der Waals surface area contributed by atoms with Gasteiger partial charge in [-0.25, -0.2) is 4.79 Å². The number of methoxy groups -OCH3 is 1. The number of ether oxygens (including phenoxy) is 2. The summed E-state index contributed by atoms with van der Waals surface area (Å²) >= 11 is 0. The van der Waals surface area contributed by atoms with Gasteiger partial charge < -0.3 is 14.8 Å². The summed E-state index contributed by atoms with van der Waals surface area (Å²) in [5.74, 6) is 0. The van der Waals surface area contributed by atoms with Crippen molar-refractivity contribution in [3.8, 4) is 0 Å². The van der Waals surface area contributed by atoms with Crippen LogP contribution in [0.15, 0.2) is 0 Å². The monoisotopic (exact) mass is 239 g/mol. The number of hydrogen-bond donors (Lipinski definition) is 1. The average molecular weight is 239 g/mol. The molecule has 0 fully saturated rings. The van der Waals surface area contributed by atoms with Crippen molar-refractivity contribution < 1.29 is 23.0 Å². The first-order chi connectivity index (χ1) is 7.52. The fourth-order valence-electron chi connectivity index (χ4n) is 1.00. The zero-order chi connectivity index (χ0) is 12.4. The Hall–Kier alpha value is -0.910. The molecule has 4 nitrogen and oxygen atoms in total. The highest BCUT2D eigenvalue weighted by Crippen LogP contribution is 2.13. The molecular weight excluding hydrogens is 220 g/mol. The van der Waals surface area contributed by atoms with E-state index in [1.165, 1.54) is 0 Å². The second-order valence-electron chi connectivity index (χ2n) is 3.41. The Bertz CT molecular complexity index is 201. The first-order valence-corrected chi connectivity index (χ1v) is 5.35. The lowest BCUT2D eigenvalue weighted by Crippen LogP contribution is -2.32. The van der Waals surface area contributed by atoms with Crippen LogP contribution < -0.4 is 5.32 Å². The maximum absolute atomic E-state index is 12.5. The Kier molecular flexibility index (Phi) is 7.80. The minimum atomic E-state index is -3.42. The average Bonchev–Trinajstić information content (AvgIpc) is 2.26. The number of alkyl halides is 2. The standard InChI is InChI=1S/C10H19F2NO3/c1-3-4-5-6-7-13-9(14)16-8-10(11,12)15-2/h3-8H2,1-2H3,(H,13,14). The topological polar surface area (TPSA) is 47.6 Å². The molecular formula is C10H19F2NO3. The fraction of sp³-hybridized carbons (Fsp3) is 0.900. The highest BCUT2D eigenvalue weighted by atomic mass is 19.3. The molecule has 0 aromatic rings. The van der Waals surface area contributed by atoms with Crippen LogP contribution in [0.1, 0.15) is 32.6 Å². The molecule has 0 bridgehead atoms. The first-order valence-electron chi connectivity index (χ1n) is 5.35. The van der Waals surface area contributed by atoms with Gasteiger partial charge in [-0.1, -0.05) is 26.2 Å². The van der Waals surface area contributed by atoms with Crippen LogP contribution in [0.5, 0.6) is 0 Å². The van der Waals surface area contributed by atoms with Crippen LogP contribution in [0, 0.1) is 0 Å². The van der Waals surface area contributed by atoms with Crippen LogP contribution in [-0.2, 0) is 9.47 Å². The van der Waals surface area contributed by atoms with Crippen LogP contribution in [0.25, 0.3) is 0 Å². The Morgan fingerprint density at radius 2 is 2.00 bits per heavy atom. The fourth-order valence-corrected chi connectivity index (χ4v) is 1.00. The van der Waals surface area contributed by atoms with E-state index in [0.29, 0.717) is 6.54 Å². The quantitative estimate of drug-likeness (QED) is 0.662. The molecule has 0 aromatic heterocycles. The third-order valence-corrected chi connectivity index (χ3v) is 1.97. The zero-order valence-electron chi connectivity index (χ0n) is 9.72. The number of halogens is 2. The largest absolute Gasteiger partial charge is 0.440 e. The molecule has 0 spiro atoms. The normalized spacial score (nSPS) is 11.2. The molecule has 0 saturated heterocycles. The Balaban J connectivity index is 3.45. The summed E-state index contributed by atoms with van der Waals surface area (Å²) in [4.78, 5) is 10.9. The molecule has 0 aliphatic carbocycles. The molecule has 0 rings (SSSR count). The third-order valence-electron chi connectivity index (χ3n) is 1.97. The highest BCUT2D eigenvalue weighted by molar-refractivity contribution is 5.67. The number of amides is 1. The van der Waals surface area contributed by atoms with Gasteiger partial charge in [-0.15, -0.1) is 0 Å². The number of nitrogens with one attached hydrogen (secondary N) is 1. The van der Waals surface area contributed by atoms with Gasteiger partial charge in [0.2, 0.25) is 0 Å². The van der Waals surface area contributed by atoms with Gasteiger partial charge in [-0.2, -0.15) is 8.78 Å². The number of carbonyl (C=O) groups excluding carboxylic acids is 1. The van der Waals surface area contributed by atoms with Gasteiger partial charge in [0.25, 0.3) is 0 Å². The van der Waals surface area contributed by atoms with E-state index < -0.39 is 18.8 Å². The predicted octanol–water partition coefficient (Wildman–Crippen LogP) is 2.53. The van der Waals surface area contributed by atoms with Gasteiger partial charge in [0.15, 0.2) is 6.61 Å². The highest BCUT2D eigenvalue weighted by Gasteiger charge is 2.30. The van der Waals surface area contributed by atoms with E-state index in [2.05, 4.69) is 21.7 Å². The van der Waals surface area contributed by atoms with Crippen molar-refractivity contribution in [3.05, 3.63) is 0 Å². The summed E-state index contributed by atoms with van der Waals surface area (Å²) in [5, 5.41) is 2.39. The van der Waals surface area contributed by atoms with Crippen molar-refractivity contribution >= 4 is 6.09 Å². The van der Waals surface area contributed by atoms with Gasteiger partial charge in [0.05, 0.1) is 0 Å². The second kappa shape index (κ2) is 8.27. The summed E-state index contributed by atoms with van der Waals surface area (Å²) in [6.07, 6.45) is -0.231. The van der Waals surface area contributed by atoms with Gasteiger partial charge in [-0.05, 0) is 6.42 Å². The van der Waals surface area contributed by atoms with E-state index in [1.807, 2.05) is 0 Å². The minimum Gasteiger partial charge on any atom is -0.440 e. The van der Waals surface area contributed by atoms with Crippen molar-refractivity contribution in [1.29, 1.82) is 0 Å². The van der Waals surface area contributed by atoms with Gasteiger partial charge >= 0.3 is 12.2 Å². The molecule has 0 aliphatic rings. The van der Waals surface area contributed by atoms with Gasteiger partial charge in [0.1, 0.15) is 0 Å². The van der Waals surface area contributed by atoms with Gasteiger partial charge in [-0.3, -0.25) is 0 Å². The van der Waals surface area contributed by atoms with E-state index in [0.717, 1.165) is 32.8 Å². The first kappa shape index (κ1) is 15.1. The molecule has 0 radical (unpaired) electrons. The van der Waals surface area contributed by atoms with Crippen LogP contribution in [0.3, 0.4) is 0 Å². The Labute approximate surface area is 94.3 Å². The number of carbonyl (C=O) groups is 1. The van der Waals surface area contributed by atoms with Crippen molar-refractivity contribution in [3.63, 3.8) is 0 Å². The molecule has 0 aliphatic heterocycles. The lowest BCUT2D eigenvalue weighted by Gasteiger charge is -2.14. The molecule has 0 unspecified atom stereocenters. The zero-order valence-corrected chi connectivity index (χ0v) is 9.72. The molecule has 0 aromatic carbocycles. The summed E-state index contributed by atoms with van der Waals surface area (Å²) < 4.78 is 33.0. The lowest BCUT2D eigenvalue weighted by molar-refractivity contribution is -0.241.